The fourth-order valence-electron chi connectivity index (χ4n) is 7.73. The number of carbonyl (C=O) groups excluding carboxylic acids is 4. The molecular formula is C39H52N6O6. The number of carbonyl (C=O) groups is 5. The zero-order valence-electron chi connectivity index (χ0n) is 29.4. The van der Waals surface area contributed by atoms with Gasteiger partial charge in [0.25, 0.3) is 0 Å². The molecule has 12 heteroatoms. The summed E-state index contributed by atoms with van der Waals surface area (Å²) in [4.78, 5) is 70.6. The minimum atomic E-state index is -1.00. The minimum absolute atomic E-state index is 0.0457. The Kier molecular flexibility index (Phi) is 13.1. The number of carboxylic acids is 1. The lowest BCUT2D eigenvalue weighted by atomic mass is 9.78. The van der Waals surface area contributed by atoms with Crippen LogP contribution in [0.2, 0.25) is 0 Å². The first kappa shape index (κ1) is 37.9. The summed E-state index contributed by atoms with van der Waals surface area (Å²) >= 11 is 0. The van der Waals surface area contributed by atoms with Crippen molar-refractivity contribution in [1.29, 1.82) is 0 Å². The van der Waals surface area contributed by atoms with E-state index >= 15 is 0 Å². The lowest BCUT2D eigenvalue weighted by Crippen LogP contribution is -2.54. The van der Waals surface area contributed by atoms with Gasteiger partial charge < -0.3 is 32.1 Å². The highest BCUT2D eigenvalue weighted by molar-refractivity contribution is 5.97. The van der Waals surface area contributed by atoms with Crippen LogP contribution >= 0.6 is 0 Å². The lowest BCUT2D eigenvalue weighted by molar-refractivity contribution is -0.141. The number of nitrogens with one attached hydrogen (secondary N) is 2. The van der Waals surface area contributed by atoms with Crippen molar-refractivity contribution in [3.8, 4) is 0 Å². The monoisotopic (exact) mass is 700 g/mol. The molecule has 3 unspecified atom stereocenters. The molecule has 2 aromatic rings. The molecule has 2 aromatic carbocycles. The first-order valence-corrected chi connectivity index (χ1v) is 18.2. The van der Waals surface area contributed by atoms with Crippen molar-refractivity contribution >= 4 is 29.5 Å². The van der Waals surface area contributed by atoms with Gasteiger partial charge in [-0.25, -0.2) is 0 Å². The number of nitrogens with two attached hydrogens (primary N) is 2. The molecule has 1 saturated carbocycles. The maximum Gasteiger partial charge on any atom is 0.317 e. The number of hydrogen-bond acceptors (Lipinski definition) is 8. The smallest absolute Gasteiger partial charge is 0.317 e. The maximum atomic E-state index is 14.3. The predicted octanol–water partition coefficient (Wildman–Crippen LogP) is 1.96. The standard InChI is InChI=1S/C39H52N6O6/c40-18-10-7-15-32(37(50)45-24-29-22-44(26-35(47)48)23-30(29)25-45)43-38(51)39(16-8-9-17-39)21-34(46)33(20-28-13-5-2-6-14-28)42-36(49)31(41)19-27-11-3-1-4-12-27/h1-6,11-14,31-33H,7-10,15-26,40-41H2,(H,42,49)(H,43,51)(H,47,48). The number of benzene rings is 2. The Morgan fingerprint density at radius 1 is 0.784 bits per heavy atom. The van der Waals surface area contributed by atoms with Crippen LogP contribution in [0.25, 0.3) is 0 Å². The van der Waals surface area contributed by atoms with Gasteiger partial charge in [0.15, 0.2) is 5.78 Å². The van der Waals surface area contributed by atoms with E-state index in [9.17, 15) is 29.1 Å². The van der Waals surface area contributed by atoms with Gasteiger partial charge in [0.2, 0.25) is 17.7 Å². The second kappa shape index (κ2) is 17.7. The molecule has 0 saturated heterocycles. The highest BCUT2D eigenvalue weighted by Crippen LogP contribution is 2.42. The molecule has 12 nitrogen and oxygen atoms in total. The molecule has 5 rings (SSSR count). The average molecular weight is 701 g/mol. The minimum Gasteiger partial charge on any atom is -0.480 e. The molecular weight excluding hydrogens is 648 g/mol. The second-order valence-electron chi connectivity index (χ2n) is 14.4. The number of aliphatic carboxylic acids is 1. The number of rotatable bonds is 18. The van der Waals surface area contributed by atoms with Crippen LogP contribution in [0.1, 0.15) is 62.5 Å². The molecule has 0 radical (unpaired) electrons. The van der Waals surface area contributed by atoms with Gasteiger partial charge in [-0.3, -0.25) is 28.9 Å². The van der Waals surface area contributed by atoms with Crippen molar-refractivity contribution in [1.82, 2.24) is 20.4 Å². The van der Waals surface area contributed by atoms with Crippen molar-refractivity contribution in [2.75, 3.05) is 39.3 Å². The van der Waals surface area contributed by atoms with E-state index in [-0.39, 0.29) is 37.0 Å². The quantitative estimate of drug-likeness (QED) is 0.114. The summed E-state index contributed by atoms with van der Waals surface area (Å²) in [5.74, 6) is -2.04. The zero-order valence-corrected chi connectivity index (χ0v) is 29.4. The Balaban J connectivity index is 1.28. The predicted molar refractivity (Wildman–Crippen MR) is 193 cm³/mol. The Morgan fingerprint density at radius 2 is 1.37 bits per heavy atom. The number of Topliss-reactive ketones (excluding diaryl/α,β-unsaturated/α-hetero) is 1. The van der Waals surface area contributed by atoms with Crippen molar-refractivity contribution in [2.24, 2.45) is 16.9 Å². The normalized spacial score (nSPS) is 18.6. The van der Waals surface area contributed by atoms with E-state index in [0.29, 0.717) is 71.2 Å². The Hall–Kier alpha value is -4.39. The molecule has 2 heterocycles. The van der Waals surface area contributed by atoms with Crippen LogP contribution in [0, 0.1) is 5.41 Å². The summed E-state index contributed by atoms with van der Waals surface area (Å²) in [5.41, 5.74) is 15.0. The SMILES string of the molecule is NCCCCC(NC(=O)C1(CC(=O)C(Cc2ccccc2)NC(=O)C(N)Cc2ccccc2)CCCC1)C(=O)N1CC2=C(CN(CC(=O)O)C2)C1. The maximum absolute atomic E-state index is 14.3. The zero-order chi connectivity index (χ0) is 36.4. The van der Waals surface area contributed by atoms with E-state index in [2.05, 4.69) is 10.6 Å². The van der Waals surface area contributed by atoms with E-state index in [1.54, 1.807) is 4.90 Å². The van der Waals surface area contributed by atoms with E-state index in [1.807, 2.05) is 65.6 Å². The van der Waals surface area contributed by atoms with Crippen LogP contribution in [0.5, 0.6) is 0 Å². The summed E-state index contributed by atoms with van der Waals surface area (Å²) in [7, 11) is 0. The first-order chi connectivity index (χ1) is 24.6. The first-order valence-electron chi connectivity index (χ1n) is 18.2. The van der Waals surface area contributed by atoms with Crippen molar-refractivity contribution in [3.05, 3.63) is 82.9 Å². The van der Waals surface area contributed by atoms with Gasteiger partial charge in [-0.05, 0) is 73.8 Å². The molecule has 51 heavy (non-hydrogen) atoms. The van der Waals surface area contributed by atoms with Crippen LogP contribution < -0.4 is 22.1 Å². The molecule has 0 spiro atoms. The molecule has 3 aliphatic rings. The summed E-state index contributed by atoms with van der Waals surface area (Å²) in [5, 5.41) is 15.2. The molecule has 3 atom stereocenters. The summed E-state index contributed by atoms with van der Waals surface area (Å²) in [6.07, 6.45) is 4.87. The number of unbranched alkanes of at least 4 members (excludes halogenated alkanes) is 1. The number of carboxylic acid groups (broad SMARTS) is 1. The van der Waals surface area contributed by atoms with E-state index in [0.717, 1.165) is 35.1 Å². The van der Waals surface area contributed by atoms with E-state index < -0.39 is 35.4 Å². The number of ketones is 1. The number of hydrogen-bond donors (Lipinski definition) is 5. The number of nitrogens with zero attached hydrogens (tertiary/aromatic N) is 2. The van der Waals surface area contributed by atoms with Gasteiger partial charge >= 0.3 is 5.97 Å². The summed E-state index contributed by atoms with van der Waals surface area (Å²) in [6.45, 7) is 2.26. The van der Waals surface area contributed by atoms with Gasteiger partial charge in [0.1, 0.15) is 6.04 Å². The molecule has 0 aromatic heterocycles. The lowest BCUT2D eigenvalue weighted by Gasteiger charge is -2.33. The molecule has 2 aliphatic heterocycles. The number of amides is 3. The fourth-order valence-corrected chi connectivity index (χ4v) is 7.73. The molecule has 1 fully saturated rings. The Bertz CT molecular complexity index is 1560. The van der Waals surface area contributed by atoms with Crippen molar-refractivity contribution < 1.29 is 29.1 Å². The van der Waals surface area contributed by atoms with Crippen LogP contribution in [0.4, 0.5) is 0 Å². The largest absolute Gasteiger partial charge is 0.480 e. The Labute approximate surface area is 300 Å². The fraction of sp³-hybridized carbons (Fsp3) is 0.513. The highest BCUT2D eigenvalue weighted by Gasteiger charge is 2.46. The third kappa shape index (κ3) is 10.1. The Morgan fingerprint density at radius 3 is 1.94 bits per heavy atom. The molecule has 1 aliphatic carbocycles. The van der Waals surface area contributed by atoms with Gasteiger partial charge in [0, 0.05) is 32.6 Å². The molecule has 7 N–H and O–H groups in total. The van der Waals surface area contributed by atoms with Crippen molar-refractivity contribution in [3.63, 3.8) is 0 Å². The van der Waals surface area contributed by atoms with Crippen molar-refractivity contribution in [2.45, 2.75) is 82.3 Å². The van der Waals surface area contributed by atoms with Gasteiger partial charge in [-0.1, -0.05) is 73.5 Å². The van der Waals surface area contributed by atoms with Gasteiger partial charge in [-0.15, -0.1) is 0 Å². The van der Waals surface area contributed by atoms with Gasteiger partial charge in [-0.2, -0.15) is 0 Å². The van der Waals surface area contributed by atoms with Crippen LogP contribution in [-0.2, 0) is 36.8 Å². The molecule has 0 bridgehead atoms. The average Bonchev–Trinajstić information content (AvgIpc) is 3.84. The third-order valence-electron chi connectivity index (χ3n) is 10.5. The molecule has 274 valence electrons. The van der Waals surface area contributed by atoms with Crippen LogP contribution in [0.3, 0.4) is 0 Å². The van der Waals surface area contributed by atoms with Crippen LogP contribution in [-0.4, -0.2) is 102 Å². The highest BCUT2D eigenvalue weighted by atomic mass is 16.4. The van der Waals surface area contributed by atoms with E-state index in [4.69, 9.17) is 11.5 Å². The van der Waals surface area contributed by atoms with E-state index in [1.165, 1.54) is 0 Å². The summed E-state index contributed by atoms with van der Waals surface area (Å²) in [6, 6.07) is 16.4. The topological polar surface area (TPSA) is 188 Å². The van der Waals surface area contributed by atoms with Crippen LogP contribution in [0.15, 0.2) is 71.8 Å². The third-order valence-corrected chi connectivity index (χ3v) is 10.5. The molecule has 3 amide bonds. The second-order valence-corrected chi connectivity index (χ2v) is 14.4. The summed E-state index contributed by atoms with van der Waals surface area (Å²) < 4.78 is 0. The van der Waals surface area contributed by atoms with Gasteiger partial charge in [0.05, 0.1) is 24.0 Å².